The zero-order valence-electron chi connectivity index (χ0n) is 12.6. The number of rotatable bonds is 9. The average molecular weight is 226 g/mol. The minimum Gasteiger partial charge on any atom is -0.0654 e. The van der Waals surface area contributed by atoms with E-state index in [0.717, 1.165) is 11.8 Å². The Morgan fingerprint density at radius 1 is 0.938 bits per heavy atom. The van der Waals surface area contributed by atoms with Crippen LogP contribution in [0.4, 0.5) is 0 Å². The van der Waals surface area contributed by atoms with Crippen LogP contribution in [0.3, 0.4) is 0 Å². The normalized spacial score (nSPS) is 16.1. The molecular weight excluding hydrogens is 192 g/mol. The van der Waals surface area contributed by atoms with E-state index in [2.05, 4.69) is 41.5 Å². The summed E-state index contributed by atoms with van der Waals surface area (Å²) >= 11 is 0. The van der Waals surface area contributed by atoms with Gasteiger partial charge in [-0.2, -0.15) is 0 Å². The molecule has 0 spiro atoms. The quantitative estimate of drug-likeness (QED) is 0.448. The van der Waals surface area contributed by atoms with Gasteiger partial charge in [-0.3, -0.25) is 0 Å². The molecule has 0 aliphatic heterocycles. The van der Waals surface area contributed by atoms with Crippen LogP contribution in [0.25, 0.3) is 0 Å². The van der Waals surface area contributed by atoms with E-state index in [-0.39, 0.29) is 0 Å². The maximum Gasteiger partial charge on any atom is -0.0357 e. The van der Waals surface area contributed by atoms with Crippen molar-refractivity contribution in [2.45, 2.75) is 86.5 Å². The molecule has 0 radical (unpaired) electrons. The van der Waals surface area contributed by atoms with Gasteiger partial charge in [-0.05, 0) is 30.1 Å². The second-order valence-corrected chi connectivity index (χ2v) is 6.64. The molecule has 0 amide bonds. The maximum atomic E-state index is 2.44. The van der Waals surface area contributed by atoms with Crippen molar-refractivity contribution in [1.82, 2.24) is 0 Å². The SMILES string of the molecule is CCCC(C)CC(C)CCCC(C)(C)CC. The van der Waals surface area contributed by atoms with E-state index >= 15 is 0 Å². The van der Waals surface area contributed by atoms with Gasteiger partial charge in [0.05, 0.1) is 0 Å². The van der Waals surface area contributed by atoms with E-state index < -0.39 is 0 Å². The lowest BCUT2D eigenvalue weighted by Gasteiger charge is -2.24. The highest BCUT2D eigenvalue weighted by atomic mass is 14.2. The van der Waals surface area contributed by atoms with E-state index in [0.29, 0.717) is 5.41 Å². The molecule has 0 saturated carbocycles. The summed E-state index contributed by atoms with van der Waals surface area (Å²) in [6.07, 6.45) is 9.74. The van der Waals surface area contributed by atoms with E-state index in [1.54, 1.807) is 0 Å². The topological polar surface area (TPSA) is 0 Å². The summed E-state index contributed by atoms with van der Waals surface area (Å²) in [6.45, 7) is 14.3. The molecule has 0 saturated heterocycles. The van der Waals surface area contributed by atoms with Gasteiger partial charge >= 0.3 is 0 Å². The molecule has 0 heteroatoms. The molecule has 2 unspecified atom stereocenters. The summed E-state index contributed by atoms with van der Waals surface area (Å²) in [5, 5.41) is 0. The molecule has 0 aromatic carbocycles. The Balaban J connectivity index is 3.61. The van der Waals surface area contributed by atoms with Crippen molar-refractivity contribution in [3.8, 4) is 0 Å². The van der Waals surface area contributed by atoms with Crippen LogP contribution in [0.15, 0.2) is 0 Å². The predicted molar refractivity (Wildman–Crippen MR) is 75.8 cm³/mol. The summed E-state index contributed by atoms with van der Waals surface area (Å²) in [5.41, 5.74) is 0.564. The first-order valence-corrected chi connectivity index (χ1v) is 7.41. The highest BCUT2D eigenvalue weighted by Crippen LogP contribution is 2.29. The Morgan fingerprint density at radius 2 is 1.50 bits per heavy atom. The molecule has 2 atom stereocenters. The first kappa shape index (κ1) is 16.0. The molecule has 0 fully saturated rings. The lowest BCUT2D eigenvalue weighted by molar-refractivity contribution is 0.287. The minimum absolute atomic E-state index is 0.564. The monoisotopic (exact) mass is 226 g/mol. The van der Waals surface area contributed by atoms with Gasteiger partial charge in [-0.25, -0.2) is 0 Å². The zero-order valence-corrected chi connectivity index (χ0v) is 12.6. The van der Waals surface area contributed by atoms with E-state index in [1.165, 1.54) is 44.9 Å². The van der Waals surface area contributed by atoms with Crippen LogP contribution in [-0.2, 0) is 0 Å². The summed E-state index contributed by atoms with van der Waals surface area (Å²) in [7, 11) is 0. The van der Waals surface area contributed by atoms with E-state index in [9.17, 15) is 0 Å². The summed E-state index contributed by atoms with van der Waals surface area (Å²) < 4.78 is 0. The second-order valence-electron chi connectivity index (χ2n) is 6.64. The van der Waals surface area contributed by atoms with Gasteiger partial charge in [0.25, 0.3) is 0 Å². The Morgan fingerprint density at radius 3 is 2.00 bits per heavy atom. The smallest absolute Gasteiger partial charge is 0.0357 e. The third-order valence-electron chi connectivity index (χ3n) is 4.09. The molecule has 0 aromatic rings. The summed E-state index contributed by atoms with van der Waals surface area (Å²) in [6, 6.07) is 0. The fourth-order valence-corrected chi connectivity index (χ4v) is 2.52. The fraction of sp³-hybridized carbons (Fsp3) is 1.00. The molecule has 0 aliphatic carbocycles. The maximum absolute atomic E-state index is 2.44. The predicted octanol–water partition coefficient (Wildman–Crippen LogP) is 6.06. The first-order valence-electron chi connectivity index (χ1n) is 7.41. The van der Waals surface area contributed by atoms with Crippen LogP contribution < -0.4 is 0 Å². The van der Waals surface area contributed by atoms with E-state index in [1.807, 2.05) is 0 Å². The molecule has 0 aromatic heterocycles. The van der Waals surface area contributed by atoms with Crippen molar-refractivity contribution in [3.63, 3.8) is 0 Å². The molecule has 0 nitrogen and oxygen atoms in total. The Hall–Kier alpha value is 0. The molecule has 0 heterocycles. The van der Waals surface area contributed by atoms with Gasteiger partial charge < -0.3 is 0 Å². The Labute approximate surface area is 104 Å². The minimum atomic E-state index is 0.564. The van der Waals surface area contributed by atoms with E-state index in [4.69, 9.17) is 0 Å². The first-order chi connectivity index (χ1) is 7.41. The average Bonchev–Trinajstić information content (AvgIpc) is 2.17. The van der Waals surface area contributed by atoms with Crippen molar-refractivity contribution in [3.05, 3.63) is 0 Å². The Kier molecular flexibility index (Phi) is 8.14. The lowest BCUT2D eigenvalue weighted by atomic mass is 9.82. The van der Waals surface area contributed by atoms with Crippen molar-refractivity contribution in [2.75, 3.05) is 0 Å². The largest absolute Gasteiger partial charge is 0.0654 e. The van der Waals surface area contributed by atoms with Crippen LogP contribution in [0.2, 0.25) is 0 Å². The van der Waals surface area contributed by atoms with Crippen molar-refractivity contribution in [2.24, 2.45) is 17.3 Å². The molecule has 16 heavy (non-hydrogen) atoms. The third kappa shape index (κ3) is 8.19. The van der Waals surface area contributed by atoms with Crippen LogP contribution in [0.1, 0.15) is 86.5 Å². The summed E-state index contributed by atoms with van der Waals surface area (Å²) in [5.74, 6) is 1.85. The van der Waals surface area contributed by atoms with Gasteiger partial charge in [0.15, 0.2) is 0 Å². The Bertz CT molecular complexity index is 157. The van der Waals surface area contributed by atoms with Gasteiger partial charge in [-0.1, -0.05) is 73.6 Å². The standard InChI is InChI=1S/C16H34/c1-7-10-14(3)13-15(4)11-9-12-16(5,6)8-2/h14-15H,7-13H2,1-6H3. The fourth-order valence-electron chi connectivity index (χ4n) is 2.52. The number of hydrogen-bond donors (Lipinski definition) is 0. The molecule has 0 bridgehead atoms. The van der Waals surface area contributed by atoms with Gasteiger partial charge in [-0.15, -0.1) is 0 Å². The van der Waals surface area contributed by atoms with Crippen molar-refractivity contribution < 1.29 is 0 Å². The highest BCUT2D eigenvalue weighted by Gasteiger charge is 2.15. The van der Waals surface area contributed by atoms with Crippen molar-refractivity contribution >= 4 is 0 Å². The molecule has 0 aliphatic rings. The lowest BCUT2D eigenvalue weighted by Crippen LogP contribution is -2.10. The molecule has 98 valence electrons. The second kappa shape index (κ2) is 8.14. The van der Waals surface area contributed by atoms with Crippen LogP contribution in [-0.4, -0.2) is 0 Å². The van der Waals surface area contributed by atoms with Gasteiger partial charge in [0, 0.05) is 0 Å². The number of hydrogen-bond acceptors (Lipinski definition) is 0. The van der Waals surface area contributed by atoms with Gasteiger partial charge in [0.1, 0.15) is 0 Å². The third-order valence-corrected chi connectivity index (χ3v) is 4.09. The molecular formula is C16H34. The molecule has 0 rings (SSSR count). The van der Waals surface area contributed by atoms with Gasteiger partial charge in [0.2, 0.25) is 0 Å². The summed E-state index contributed by atoms with van der Waals surface area (Å²) in [4.78, 5) is 0. The van der Waals surface area contributed by atoms with Crippen LogP contribution >= 0.6 is 0 Å². The van der Waals surface area contributed by atoms with Crippen LogP contribution in [0.5, 0.6) is 0 Å². The molecule has 0 N–H and O–H groups in total. The van der Waals surface area contributed by atoms with Crippen molar-refractivity contribution in [1.29, 1.82) is 0 Å². The zero-order chi connectivity index (χ0) is 12.6. The van der Waals surface area contributed by atoms with Crippen LogP contribution in [0, 0.1) is 17.3 Å². The highest BCUT2D eigenvalue weighted by molar-refractivity contribution is 4.67.